The van der Waals surface area contributed by atoms with E-state index >= 15 is 0 Å². The van der Waals surface area contributed by atoms with Crippen LogP contribution in [0.25, 0.3) is 22.4 Å². The van der Waals surface area contributed by atoms with Crippen molar-refractivity contribution in [1.29, 1.82) is 0 Å². The van der Waals surface area contributed by atoms with Crippen molar-refractivity contribution in [3.05, 3.63) is 47.0 Å². The van der Waals surface area contributed by atoms with Gasteiger partial charge in [0.05, 0.1) is 24.7 Å². The fourth-order valence-electron chi connectivity index (χ4n) is 2.94. The van der Waals surface area contributed by atoms with E-state index in [1.54, 1.807) is 7.11 Å². The van der Waals surface area contributed by atoms with E-state index in [0.29, 0.717) is 0 Å². The number of hydrogen-bond donors (Lipinski definition) is 0. The van der Waals surface area contributed by atoms with Crippen molar-refractivity contribution in [3.63, 3.8) is 0 Å². The molecule has 0 unspecified atom stereocenters. The molecule has 1 aliphatic rings. The second kappa shape index (κ2) is 3.85. The Morgan fingerprint density at radius 3 is 2.70 bits per heavy atom. The van der Waals surface area contributed by atoms with Gasteiger partial charge in [-0.3, -0.25) is 0 Å². The SMILES string of the molecule is COc1ccc2c(c1)-c1nc3cc(C)c(C)cc3n1C2. The van der Waals surface area contributed by atoms with E-state index in [2.05, 4.69) is 42.7 Å². The molecule has 20 heavy (non-hydrogen) atoms. The molecular weight excluding hydrogens is 248 g/mol. The topological polar surface area (TPSA) is 27.1 Å². The largest absolute Gasteiger partial charge is 0.497 e. The lowest BCUT2D eigenvalue weighted by Gasteiger charge is -2.03. The predicted molar refractivity (Wildman–Crippen MR) is 80.3 cm³/mol. The van der Waals surface area contributed by atoms with Gasteiger partial charge in [-0.05, 0) is 54.8 Å². The van der Waals surface area contributed by atoms with Gasteiger partial charge >= 0.3 is 0 Å². The summed E-state index contributed by atoms with van der Waals surface area (Å²) in [6.45, 7) is 5.18. The van der Waals surface area contributed by atoms with Crippen LogP contribution in [0.1, 0.15) is 16.7 Å². The van der Waals surface area contributed by atoms with Gasteiger partial charge in [-0.1, -0.05) is 6.07 Å². The molecule has 0 aliphatic carbocycles. The molecule has 0 radical (unpaired) electrons. The summed E-state index contributed by atoms with van der Waals surface area (Å²) < 4.78 is 7.63. The molecule has 3 heteroatoms. The van der Waals surface area contributed by atoms with Crippen molar-refractivity contribution in [2.45, 2.75) is 20.4 Å². The molecule has 100 valence electrons. The number of ether oxygens (including phenoxy) is 1. The van der Waals surface area contributed by atoms with E-state index < -0.39 is 0 Å². The first-order chi connectivity index (χ1) is 9.67. The maximum atomic E-state index is 5.33. The highest BCUT2D eigenvalue weighted by atomic mass is 16.5. The molecule has 4 rings (SSSR count). The average molecular weight is 264 g/mol. The molecule has 0 spiro atoms. The van der Waals surface area contributed by atoms with Gasteiger partial charge in [0.2, 0.25) is 0 Å². The van der Waals surface area contributed by atoms with Crippen LogP contribution in [-0.4, -0.2) is 16.7 Å². The minimum absolute atomic E-state index is 0.886. The molecule has 0 fully saturated rings. The van der Waals surface area contributed by atoms with Crippen LogP contribution in [0.15, 0.2) is 30.3 Å². The van der Waals surface area contributed by atoms with Gasteiger partial charge in [0.15, 0.2) is 0 Å². The van der Waals surface area contributed by atoms with E-state index in [0.717, 1.165) is 23.6 Å². The highest BCUT2D eigenvalue weighted by Gasteiger charge is 2.23. The minimum Gasteiger partial charge on any atom is -0.497 e. The van der Waals surface area contributed by atoms with E-state index in [-0.39, 0.29) is 0 Å². The number of imidazole rings is 1. The number of fused-ring (bicyclic) bond motifs is 5. The van der Waals surface area contributed by atoms with Crippen LogP contribution in [0, 0.1) is 13.8 Å². The van der Waals surface area contributed by atoms with E-state index in [9.17, 15) is 0 Å². The molecule has 0 N–H and O–H groups in total. The van der Waals surface area contributed by atoms with Crippen molar-refractivity contribution in [2.75, 3.05) is 7.11 Å². The molecule has 2 aromatic carbocycles. The summed E-state index contributed by atoms with van der Waals surface area (Å²) >= 11 is 0. The van der Waals surface area contributed by atoms with Crippen molar-refractivity contribution >= 4 is 11.0 Å². The zero-order chi connectivity index (χ0) is 13.9. The first-order valence-corrected chi connectivity index (χ1v) is 6.82. The van der Waals surface area contributed by atoms with Gasteiger partial charge in [-0.25, -0.2) is 4.98 Å². The van der Waals surface area contributed by atoms with E-state index in [1.165, 1.54) is 27.8 Å². The number of hydrogen-bond acceptors (Lipinski definition) is 2. The number of aryl methyl sites for hydroxylation is 2. The lowest BCUT2D eigenvalue weighted by atomic mass is 10.1. The lowest BCUT2D eigenvalue weighted by Crippen LogP contribution is -1.93. The minimum atomic E-state index is 0.886. The Morgan fingerprint density at radius 2 is 1.90 bits per heavy atom. The molecule has 3 aromatic rings. The quantitative estimate of drug-likeness (QED) is 0.524. The second-order valence-electron chi connectivity index (χ2n) is 5.47. The third kappa shape index (κ3) is 1.43. The summed E-state index contributed by atoms with van der Waals surface area (Å²) in [5.41, 5.74) is 7.41. The predicted octanol–water partition coefficient (Wildman–Crippen LogP) is 3.69. The van der Waals surface area contributed by atoms with Crippen LogP contribution in [0.2, 0.25) is 0 Å². The Kier molecular flexibility index (Phi) is 2.22. The average Bonchev–Trinajstić information content (AvgIpc) is 2.95. The van der Waals surface area contributed by atoms with Crippen molar-refractivity contribution in [3.8, 4) is 17.1 Å². The van der Waals surface area contributed by atoms with Crippen LogP contribution in [-0.2, 0) is 6.54 Å². The summed E-state index contributed by atoms with van der Waals surface area (Å²) in [7, 11) is 1.70. The number of nitrogens with zero attached hydrogens (tertiary/aromatic N) is 2. The monoisotopic (exact) mass is 264 g/mol. The molecule has 0 bridgehead atoms. The number of benzene rings is 2. The standard InChI is InChI=1S/C17H16N2O/c1-10-6-15-16(7-11(10)2)19-9-12-4-5-13(20-3)8-14(12)17(19)18-15/h4-8H,9H2,1-3H3. The molecule has 0 atom stereocenters. The summed E-state index contributed by atoms with van der Waals surface area (Å²) in [6, 6.07) is 10.7. The molecule has 1 aromatic heterocycles. The zero-order valence-electron chi connectivity index (χ0n) is 11.9. The number of aromatic nitrogens is 2. The third-order valence-electron chi connectivity index (χ3n) is 4.25. The highest BCUT2D eigenvalue weighted by molar-refractivity contribution is 5.85. The number of rotatable bonds is 1. The Labute approximate surface area is 117 Å². The summed E-state index contributed by atoms with van der Waals surface area (Å²) in [6.07, 6.45) is 0. The fourth-order valence-corrected chi connectivity index (χ4v) is 2.94. The Hall–Kier alpha value is -2.29. The summed E-state index contributed by atoms with van der Waals surface area (Å²) in [5.74, 6) is 1.94. The van der Waals surface area contributed by atoms with Crippen molar-refractivity contribution in [1.82, 2.24) is 9.55 Å². The molecule has 0 saturated heterocycles. The molecule has 2 heterocycles. The van der Waals surface area contributed by atoms with Crippen LogP contribution in [0.4, 0.5) is 0 Å². The fraction of sp³-hybridized carbons (Fsp3) is 0.235. The molecule has 0 saturated carbocycles. The maximum absolute atomic E-state index is 5.33. The zero-order valence-corrected chi connectivity index (χ0v) is 11.9. The van der Waals surface area contributed by atoms with Crippen LogP contribution < -0.4 is 4.74 Å². The molecule has 1 aliphatic heterocycles. The number of methoxy groups -OCH3 is 1. The summed E-state index contributed by atoms with van der Waals surface area (Å²) in [4.78, 5) is 4.82. The Balaban J connectivity index is 2.00. The van der Waals surface area contributed by atoms with Gasteiger partial charge < -0.3 is 9.30 Å². The Morgan fingerprint density at radius 1 is 1.10 bits per heavy atom. The molecular formula is C17H16N2O. The normalized spacial score (nSPS) is 12.6. The van der Waals surface area contributed by atoms with Crippen LogP contribution in [0.5, 0.6) is 5.75 Å². The van der Waals surface area contributed by atoms with Gasteiger partial charge in [0, 0.05) is 5.56 Å². The third-order valence-corrected chi connectivity index (χ3v) is 4.25. The molecule has 0 amide bonds. The smallest absolute Gasteiger partial charge is 0.141 e. The van der Waals surface area contributed by atoms with Crippen molar-refractivity contribution < 1.29 is 4.74 Å². The first-order valence-electron chi connectivity index (χ1n) is 6.82. The second-order valence-corrected chi connectivity index (χ2v) is 5.47. The van der Waals surface area contributed by atoms with Gasteiger partial charge in [0.1, 0.15) is 11.6 Å². The lowest BCUT2D eigenvalue weighted by molar-refractivity contribution is 0.415. The maximum Gasteiger partial charge on any atom is 0.141 e. The molecule has 3 nitrogen and oxygen atoms in total. The van der Waals surface area contributed by atoms with Crippen molar-refractivity contribution in [2.24, 2.45) is 0 Å². The first kappa shape index (κ1) is 11.5. The van der Waals surface area contributed by atoms with Gasteiger partial charge in [-0.15, -0.1) is 0 Å². The summed E-state index contributed by atoms with van der Waals surface area (Å²) in [5, 5.41) is 0. The highest BCUT2D eigenvalue weighted by Crippen LogP contribution is 2.37. The van der Waals surface area contributed by atoms with E-state index in [4.69, 9.17) is 9.72 Å². The van der Waals surface area contributed by atoms with Crippen LogP contribution >= 0.6 is 0 Å². The van der Waals surface area contributed by atoms with Gasteiger partial charge in [0.25, 0.3) is 0 Å². The van der Waals surface area contributed by atoms with E-state index in [1.807, 2.05) is 6.07 Å². The Bertz CT molecular complexity index is 846. The van der Waals surface area contributed by atoms with Crippen LogP contribution in [0.3, 0.4) is 0 Å². The van der Waals surface area contributed by atoms with Gasteiger partial charge in [-0.2, -0.15) is 0 Å².